The van der Waals surface area contributed by atoms with Crippen molar-refractivity contribution in [3.8, 4) is 0 Å². The third-order valence-corrected chi connectivity index (χ3v) is 3.42. The minimum Gasteiger partial charge on any atom is -0.459 e. The molecule has 2 fully saturated rings. The molecule has 0 aromatic rings. The second kappa shape index (κ2) is 3.00. The lowest BCUT2D eigenvalue weighted by atomic mass is 10.1. The maximum Gasteiger partial charge on any atom is 0.309 e. The molecule has 0 radical (unpaired) electrons. The maximum atomic E-state index is 11.6. The standard InChI is InChI=1S/C11H18O2/c1-8-7-9(8)10(12)13-11(2)5-3-4-6-11/h8-9H,3-7H2,1-2H3. The van der Waals surface area contributed by atoms with Gasteiger partial charge in [-0.25, -0.2) is 0 Å². The van der Waals surface area contributed by atoms with E-state index in [1.54, 1.807) is 0 Å². The Morgan fingerprint density at radius 3 is 2.38 bits per heavy atom. The highest BCUT2D eigenvalue weighted by molar-refractivity contribution is 5.76. The van der Waals surface area contributed by atoms with Crippen molar-refractivity contribution in [2.45, 2.75) is 51.6 Å². The number of hydrogen-bond acceptors (Lipinski definition) is 2. The van der Waals surface area contributed by atoms with E-state index in [1.807, 2.05) is 0 Å². The van der Waals surface area contributed by atoms with Gasteiger partial charge in [0, 0.05) is 0 Å². The second-order valence-corrected chi connectivity index (χ2v) is 4.90. The van der Waals surface area contributed by atoms with E-state index in [4.69, 9.17) is 4.74 Å². The van der Waals surface area contributed by atoms with Crippen molar-refractivity contribution in [3.05, 3.63) is 0 Å². The Bertz CT molecular complexity index is 216. The molecule has 2 aliphatic carbocycles. The molecule has 0 aromatic heterocycles. The van der Waals surface area contributed by atoms with Crippen molar-refractivity contribution >= 4 is 5.97 Å². The molecule has 0 saturated heterocycles. The molecule has 2 rings (SSSR count). The summed E-state index contributed by atoms with van der Waals surface area (Å²) in [6.07, 6.45) is 5.57. The Morgan fingerprint density at radius 1 is 1.38 bits per heavy atom. The van der Waals surface area contributed by atoms with Gasteiger partial charge in [0.05, 0.1) is 5.92 Å². The van der Waals surface area contributed by atoms with Crippen molar-refractivity contribution in [1.82, 2.24) is 0 Å². The molecule has 2 aliphatic rings. The summed E-state index contributed by atoms with van der Waals surface area (Å²) >= 11 is 0. The van der Waals surface area contributed by atoms with Crippen molar-refractivity contribution in [3.63, 3.8) is 0 Å². The summed E-state index contributed by atoms with van der Waals surface area (Å²) in [4.78, 5) is 11.6. The smallest absolute Gasteiger partial charge is 0.309 e. The van der Waals surface area contributed by atoms with E-state index in [2.05, 4.69) is 13.8 Å². The molecule has 0 bridgehead atoms. The normalized spacial score (nSPS) is 35.8. The van der Waals surface area contributed by atoms with E-state index in [0.717, 1.165) is 19.3 Å². The van der Waals surface area contributed by atoms with Crippen LogP contribution in [0.2, 0.25) is 0 Å². The number of carbonyl (C=O) groups excluding carboxylic acids is 1. The van der Waals surface area contributed by atoms with Gasteiger partial charge in [0.25, 0.3) is 0 Å². The van der Waals surface area contributed by atoms with Gasteiger partial charge < -0.3 is 4.74 Å². The van der Waals surface area contributed by atoms with E-state index >= 15 is 0 Å². The first-order chi connectivity index (χ1) is 6.11. The van der Waals surface area contributed by atoms with E-state index in [1.165, 1.54) is 12.8 Å². The Hall–Kier alpha value is -0.530. The van der Waals surface area contributed by atoms with Crippen LogP contribution >= 0.6 is 0 Å². The summed E-state index contributed by atoms with van der Waals surface area (Å²) in [5.41, 5.74) is -0.126. The van der Waals surface area contributed by atoms with Crippen LogP contribution in [0.25, 0.3) is 0 Å². The second-order valence-electron chi connectivity index (χ2n) is 4.90. The molecular formula is C11H18O2. The van der Waals surface area contributed by atoms with Crippen LogP contribution in [0.15, 0.2) is 0 Å². The SMILES string of the molecule is CC1CC1C(=O)OC1(C)CCCC1. The predicted octanol–water partition coefficient (Wildman–Crippen LogP) is 2.52. The number of esters is 1. The summed E-state index contributed by atoms with van der Waals surface area (Å²) in [7, 11) is 0. The molecule has 2 saturated carbocycles. The van der Waals surface area contributed by atoms with Crippen LogP contribution in [-0.4, -0.2) is 11.6 Å². The first kappa shape index (κ1) is 9.04. The molecule has 2 unspecified atom stereocenters. The maximum absolute atomic E-state index is 11.6. The fourth-order valence-electron chi connectivity index (χ4n) is 2.19. The highest BCUT2D eigenvalue weighted by Crippen LogP contribution is 2.41. The number of carbonyl (C=O) groups is 1. The lowest BCUT2D eigenvalue weighted by Gasteiger charge is -2.24. The number of hydrogen-bond donors (Lipinski definition) is 0. The van der Waals surface area contributed by atoms with Gasteiger partial charge in [-0.3, -0.25) is 4.79 Å². The van der Waals surface area contributed by atoms with Crippen LogP contribution < -0.4 is 0 Å². The quantitative estimate of drug-likeness (QED) is 0.613. The summed E-state index contributed by atoms with van der Waals surface area (Å²) in [5.74, 6) is 0.840. The first-order valence-electron chi connectivity index (χ1n) is 5.34. The van der Waals surface area contributed by atoms with Crippen LogP contribution in [-0.2, 0) is 9.53 Å². The molecule has 0 amide bonds. The van der Waals surface area contributed by atoms with E-state index < -0.39 is 0 Å². The fraction of sp³-hybridized carbons (Fsp3) is 0.909. The predicted molar refractivity (Wildman–Crippen MR) is 50.2 cm³/mol. The molecule has 0 aliphatic heterocycles. The van der Waals surface area contributed by atoms with Crippen LogP contribution in [0.5, 0.6) is 0 Å². The average molecular weight is 182 g/mol. The molecule has 0 spiro atoms. The van der Waals surface area contributed by atoms with Gasteiger partial charge in [0.15, 0.2) is 0 Å². The monoisotopic (exact) mass is 182 g/mol. The van der Waals surface area contributed by atoms with E-state index in [0.29, 0.717) is 5.92 Å². The molecule has 13 heavy (non-hydrogen) atoms. The Labute approximate surface area is 79.7 Å². The Morgan fingerprint density at radius 2 is 1.92 bits per heavy atom. The van der Waals surface area contributed by atoms with Gasteiger partial charge in [0.2, 0.25) is 0 Å². The van der Waals surface area contributed by atoms with Gasteiger partial charge in [0.1, 0.15) is 5.60 Å². The first-order valence-corrected chi connectivity index (χ1v) is 5.34. The molecule has 0 aromatic carbocycles. The highest BCUT2D eigenvalue weighted by atomic mass is 16.6. The van der Waals surface area contributed by atoms with Crippen LogP contribution in [0, 0.1) is 11.8 Å². The third-order valence-electron chi connectivity index (χ3n) is 3.42. The largest absolute Gasteiger partial charge is 0.459 e. The molecular weight excluding hydrogens is 164 g/mol. The number of ether oxygens (including phenoxy) is 1. The summed E-state index contributed by atoms with van der Waals surface area (Å²) in [6.45, 7) is 4.19. The minimum atomic E-state index is -0.126. The van der Waals surface area contributed by atoms with E-state index in [9.17, 15) is 4.79 Å². The third kappa shape index (κ3) is 1.87. The molecule has 74 valence electrons. The fourth-order valence-corrected chi connectivity index (χ4v) is 2.19. The lowest BCUT2D eigenvalue weighted by Crippen LogP contribution is -2.29. The van der Waals surface area contributed by atoms with Crippen LogP contribution in [0.1, 0.15) is 46.0 Å². The topological polar surface area (TPSA) is 26.3 Å². The van der Waals surface area contributed by atoms with Crippen molar-refractivity contribution in [2.24, 2.45) is 11.8 Å². The molecule has 2 heteroatoms. The van der Waals surface area contributed by atoms with Gasteiger partial charge in [-0.05, 0) is 44.9 Å². The summed E-state index contributed by atoms with van der Waals surface area (Å²) in [5, 5.41) is 0. The lowest BCUT2D eigenvalue weighted by molar-refractivity contribution is -0.159. The zero-order valence-corrected chi connectivity index (χ0v) is 8.51. The Kier molecular flexibility index (Phi) is 2.09. The molecule has 2 nitrogen and oxygen atoms in total. The van der Waals surface area contributed by atoms with Crippen molar-refractivity contribution in [1.29, 1.82) is 0 Å². The van der Waals surface area contributed by atoms with Gasteiger partial charge >= 0.3 is 5.97 Å². The number of rotatable bonds is 2. The van der Waals surface area contributed by atoms with E-state index in [-0.39, 0.29) is 17.5 Å². The van der Waals surface area contributed by atoms with Crippen LogP contribution in [0.3, 0.4) is 0 Å². The average Bonchev–Trinajstić information content (AvgIpc) is 2.63. The Balaban J connectivity index is 1.86. The molecule has 0 N–H and O–H groups in total. The van der Waals surface area contributed by atoms with Gasteiger partial charge in [-0.1, -0.05) is 6.92 Å². The van der Waals surface area contributed by atoms with Crippen molar-refractivity contribution < 1.29 is 9.53 Å². The zero-order valence-electron chi connectivity index (χ0n) is 8.51. The highest BCUT2D eigenvalue weighted by Gasteiger charge is 2.43. The van der Waals surface area contributed by atoms with Gasteiger partial charge in [-0.2, -0.15) is 0 Å². The van der Waals surface area contributed by atoms with Gasteiger partial charge in [-0.15, -0.1) is 0 Å². The van der Waals surface area contributed by atoms with Crippen LogP contribution in [0.4, 0.5) is 0 Å². The summed E-state index contributed by atoms with van der Waals surface area (Å²) < 4.78 is 5.55. The molecule has 0 heterocycles. The zero-order chi connectivity index (χ0) is 9.47. The summed E-state index contributed by atoms with van der Waals surface area (Å²) in [6, 6.07) is 0. The molecule has 2 atom stereocenters. The van der Waals surface area contributed by atoms with Crippen molar-refractivity contribution in [2.75, 3.05) is 0 Å². The minimum absolute atomic E-state index is 0.0527.